The van der Waals surface area contributed by atoms with E-state index in [0.29, 0.717) is 17.2 Å². The molecule has 5 rings (SSSR count). The fourth-order valence-corrected chi connectivity index (χ4v) is 3.43. The Morgan fingerprint density at radius 1 is 0.853 bits per heavy atom. The third-order valence-corrected chi connectivity index (χ3v) is 4.97. The number of aromatic nitrogens is 5. The maximum absolute atomic E-state index is 13.4. The van der Waals surface area contributed by atoms with E-state index >= 15 is 0 Å². The number of hydrogen-bond acceptors (Lipinski definition) is 6. The summed E-state index contributed by atoms with van der Waals surface area (Å²) in [6, 6.07) is 23.1. The number of benzene rings is 2. The number of para-hydroxylation sites is 2. The SMILES string of the molecule is [C-]#[N+]c1cnn(-c2ccccn2)c1N=Nc1c(O)n(-c2ccccc2)n(-c2ccccc2)c1=O. The van der Waals surface area contributed by atoms with Crippen LogP contribution in [0.1, 0.15) is 0 Å². The van der Waals surface area contributed by atoms with Crippen molar-refractivity contribution in [1.82, 2.24) is 24.1 Å². The minimum absolute atomic E-state index is 0.0891. The summed E-state index contributed by atoms with van der Waals surface area (Å²) < 4.78 is 4.01. The summed E-state index contributed by atoms with van der Waals surface area (Å²) in [6.45, 7) is 7.42. The number of azo groups is 1. The second kappa shape index (κ2) is 8.68. The zero-order valence-corrected chi connectivity index (χ0v) is 17.6. The molecular weight excluding hydrogens is 432 g/mol. The molecule has 10 nitrogen and oxygen atoms in total. The van der Waals surface area contributed by atoms with E-state index in [1.165, 1.54) is 20.2 Å². The van der Waals surface area contributed by atoms with Crippen molar-refractivity contribution >= 4 is 17.2 Å². The van der Waals surface area contributed by atoms with E-state index in [9.17, 15) is 9.90 Å². The molecule has 164 valence electrons. The highest BCUT2D eigenvalue weighted by Crippen LogP contribution is 2.34. The molecule has 10 heteroatoms. The Hall–Kier alpha value is -5.30. The Kier molecular flexibility index (Phi) is 5.26. The van der Waals surface area contributed by atoms with Gasteiger partial charge in [-0.25, -0.2) is 23.9 Å². The van der Waals surface area contributed by atoms with Crippen molar-refractivity contribution < 1.29 is 5.11 Å². The van der Waals surface area contributed by atoms with Crippen molar-refractivity contribution in [2.75, 3.05) is 0 Å². The largest absolute Gasteiger partial charge is 0.492 e. The average Bonchev–Trinajstić information content (AvgIpc) is 3.42. The van der Waals surface area contributed by atoms with Crippen LogP contribution in [0.4, 0.5) is 17.2 Å². The van der Waals surface area contributed by atoms with Crippen LogP contribution in [-0.2, 0) is 0 Å². The maximum Gasteiger partial charge on any atom is 0.303 e. The standard InChI is InChI=1S/C24H16N8O2/c1-25-19-16-27-30(20-14-8-9-15-26-20)22(19)29-28-21-23(33)31(17-10-4-2-5-11-17)32(24(21)34)18-12-6-3-7-13-18/h2-16,33H. The number of rotatable bonds is 5. The third kappa shape index (κ3) is 3.53. The van der Waals surface area contributed by atoms with Gasteiger partial charge in [0.1, 0.15) is 0 Å². The van der Waals surface area contributed by atoms with Gasteiger partial charge in [0.25, 0.3) is 5.69 Å². The van der Waals surface area contributed by atoms with Crippen LogP contribution in [0.3, 0.4) is 0 Å². The van der Waals surface area contributed by atoms with E-state index in [0.717, 1.165) is 0 Å². The smallest absolute Gasteiger partial charge is 0.303 e. The van der Waals surface area contributed by atoms with Crippen LogP contribution < -0.4 is 5.56 Å². The van der Waals surface area contributed by atoms with Crippen LogP contribution >= 0.6 is 0 Å². The highest BCUT2D eigenvalue weighted by Gasteiger charge is 2.23. The van der Waals surface area contributed by atoms with Gasteiger partial charge in [-0.15, -0.1) is 10.2 Å². The summed E-state index contributed by atoms with van der Waals surface area (Å²) in [5.41, 5.74) is 0.359. The first-order valence-electron chi connectivity index (χ1n) is 10.2. The lowest BCUT2D eigenvalue weighted by Gasteiger charge is -2.12. The van der Waals surface area contributed by atoms with Crippen molar-refractivity contribution in [2.45, 2.75) is 0 Å². The first-order chi connectivity index (χ1) is 16.7. The monoisotopic (exact) mass is 448 g/mol. The Morgan fingerprint density at radius 2 is 1.50 bits per heavy atom. The highest BCUT2D eigenvalue weighted by atomic mass is 16.3. The number of nitrogens with zero attached hydrogens (tertiary/aromatic N) is 8. The molecule has 0 aliphatic heterocycles. The van der Waals surface area contributed by atoms with Crippen LogP contribution in [0.15, 0.2) is 106 Å². The molecular formula is C24H16N8O2. The van der Waals surface area contributed by atoms with E-state index in [-0.39, 0.29) is 17.2 Å². The summed E-state index contributed by atoms with van der Waals surface area (Å²) in [4.78, 5) is 21.0. The first-order valence-corrected chi connectivity index (χ1v) is 10.2. The molecule has 0 amide bonds. The number of hydrogen-bond donors (Lipinski definition) is 1. The molecule has 0 aliphatic carbocycles. The Labute approximate surface area is 193 Å². The summed E-state index contributed by atoms with van der Waals surface area (Å²) in [6.07, 6.45) is 2.92. The second-order valence-corrected chi connectivity index (χ2v) is 7.04. The van der Waals surface area contributed by atoms with Crippen LogP contribution in [0.25, 0.3) is 22.0 Å². The first kappa shape index (κ1) is 20.6. The van der Waals surface area contributed by atoms with Gasteiger partial charge in [-0.3, -0.25) is 4.79 Å². The molecule has 0 atom stereocenters. The van der Waals surface area contributed by atoms with E-state index in [4.69, 9.17) is 6.57 Å². The van der Waals surface area contributed by atoms with Crippen LogP contribution in [0, 0.1) is 6.57 Å². The molecule has 1 N–H and O–H groups in total. The molecule has 0 bridgehead atoms. The lowest BCUT2D eigenvalue weighted by Crippen LogP contribution is -2.20. The molecule has 0 saturated carbocycles. The molecule has 0 fully saturated rings. The Balaban J connectivity index is 1.69. The highest BCUT2D eigenvalue weighted by molar-refractivity contribution is 5.63. The minimum atomic E-state index is -0.579. The number of aromatic hydroxyl groups is 1. The van der Waals surface area contributed by atoms with Gasteiger partial charge in [-0.2, -0.15) is 5.10 Å². The van der Waals surface area contributed by atoms with Crippen molar-refractivity contribution in [3.05, 3.63) is 113 Å². The summed E-state index contributed by atoms with van der Waals surface area (Å²) in [7, 11) is 0. The molecule has 34 heavy (non-hydrogen) atoms. The van der Waals surface area contributed by atoms with E-state index in [1.807, 2.05) is 12.1 Å². The molecule has 0 saturated heterocycles. The van der Waals surface area contributed by atoms with Crippen LogP contribution in [0.5, 0.6) is 5.88 Å². The fourth-order valence-electron chi connectivity index (χ4n) is 3.43. The fraction of sp³-hybridized carbons (Fsp3) is 0. The molecule has 0 radical (unpaired) electrons. The quantitative estimate of drug-likeness (QED) is 0.305. The van der Waals surface area contributed by atoms with Crippen LogP contribution in [-0.4, -0.2) is 29.2 Å². The number of pyridine rings is 1. The topological polar surface area (TPSA) is 107 Å². The lowest BCUT2D eigenvalue weighted by molar-refractivity contribution is 0.426. The molecule has 5 aromatic rings. The summed E-state index contributed by atoms with van der Waals surface area (Å²) in [5.74, 6) is 0.127. The van der Waals surface area contributed by atoms with Gasteiger partial charge in [0.15, 0.2) is 11.6 Å². The van der Waals surface area contributed by atoms with Gasteiger partial charge >= 0.3 is 5.56 Å². The van der Waals surface area contributed by atoms with E-state index in [1.54, 1.807) is 72.9 Å². The Bertz CT molecular complexity index is 1580. The molecule has 0 aliphatic rings. The Morgan fingerprint density at radius 3 is 2.12 bits per heavy atom. The van der Waals surface area contributed by atoms with Gasteiger partial charge in [0.05, 0.1) is 24.1 Å². The third-order valence-electron chi connectivity index (χ3n) is 4.97. The second-order valence-electron chi connectivity index (χ2n) is 7.04. The van der Waals surface area contributed by atoms with Gasteiger partial charge < -0.3 is 5.11 Å². The van der Waals surface area contributed by atoms with Crippen molar-refractivity contribution in [2.24, 2.45) is 10.2 Å². The maximum atomic E-state index is 13.4. The lowest BCUT2D eigenvalue weighted by atomic mass is 10.3. The van der Waals surface area contributed by atoms with Crippen molar-refractivity contribution in [1.29, 1.82) is 0 Å². The van der Waals surface area contributed by atoms with Crippen molar-refractivity contribution in [3.63, 3.8) is 0 Å². The predicted molar refractivity (Wildman–Crippen MR) is 125 cm³/mol. The summed E-state index contributed by atoms with van der Waals surface area (Å²) in [5, 5.41) is 23.4. The molecule has 0 spiro atoms. The van der Waals surface area contributed by atoms with Gasteiger partial charge in [-0.05, 0) is 36.4 Å². The molecule has 3 heterocycles. The van der Waals surface area contributed by atoms with Crippen molar-refractivity contribution in [3.8, 4) is 23.1 Å². The minimum Gasteiger partial charge on any atom is -0.492 e. The van der Waals surface area contributed by atoms with Gasteiger partial charge in [0, 0.05) is 6.20 Å². The predicted octanol–water partition coefficient (Wildman–Crippen LogP) is 4.88. The molecule has 2 aromatic carbocycles. The van der Waals surface area contributed by atoms with Crippen LogP contribution in [0.2, 0.25) is 0 Å². The van der Waals surface area contributed by atoms with E-state index < -0.39 is 11.4 Å². The normalized spacial score (nSPS) is 11.0. The average molecular weight is 448 g/mol. The summed E-state index contributed by atoms with van der Waals surface area (Å²) >= 11 is 0. The zero-order valence-electron chi connectivity index (χ0n) is 17.6. The van der Waals surface area contributed by atoms with Gasteiger partial charge in [0.2, 0.25) is 11.6 Å². The zero-order chi connectivity index (χ0) is 23.5. The van der Waals surface area contributed by atoms with E-state index in [2.05, 4.69) is 25.2 Å². The molecule has 3 aromatic heterocycles. The molecule has 0 unspecified atom stereocenters. The van der Waals surface area contributed by atoms with Gasteiger partial charge in [-0.1, -0.05) is 42.5 Å².